The molecule has 2 N–H and O–H groups in total. The quantitative estimate of drug-likeness (QED) is 0.624. The largest absolute Gasteiger partial charge is 0.456 e. The van der Waals surface area contributed by atoms with Crippen LogP contribution in [-0.2, 0) is 14.3 Å². The third kappa shape index (κ3) is 4.26. The van der Waals surface area contributed by atoms with E-state index in [1.54, 1.807) is 6.20 Å². The first kappa shape index (κ1) is 17.2. The van der Waals surface area contributed by atoms with Crippen LogP contribution in [0.2, 0.25) is 0 Å². The Bertz CT molecular complexity index is 775. The molecule has 0 aliphatic heterocycles. The molecule has 1 aromatic carbocycles. The number of hydrogen-bond donors (Lipinski definition) is 2. The summed E-state index contributed by atoms with van der Waals surface area (Å²) in [6.45, 7) is -0.531. The van der Waals surface area contributed by atoms with E-state index in [4.69, 9.17) is 4.74 Å². The fourth-order valence-corrected chi connectivity index (χ4v) is 3.25. The van der Waals surface area contributed by atoms with Crippen molar-refractivity contribution in [3.05, 3.63) is 36.0 Å². The number of fused-ring (bicyclic) bond motifs is 1. The fourth-order valence-electron chi connectivity index (χ4n) is 3.25. The Kier molecular flexibility index (Phi) is 5.48. The van der Waals surface area contributed by atoms with Crippen LogP contribution in [-0.4, -0.2) is 35.8 Å². The molecule has 25 heavy (non-hydrogen) atoms. The van der Waals surface area contributed by atoms with E-state index in [0.717, 1.165) is 36.6 Å². The number of carbonyl (C=O) groups excluding carboxylic acids is 3. The number of rotatable bonds is 6. The molecule has 6 nitrogen and oxygen atoms in total. The van der Waals surface area contributed by atoms with Gasteiger partial charge in [-0.15, -0.1) is 0 Å². The highest BCUT2D eigenvalue weighted by Crippen LogP contribution is 2.23. The van der Waals surface area contributed by atoms with Crippen LogP contribution in [0.5, 0.6) is 0 Å². The molecule has 1 aromatic heterocycles. The molecule has 1 fully saturated rings. The van der Waals surface area contributed by atoms with Gasteiger partial charge in [0.05, 0.1) is 0 Å². The normalized spacial score (nSPS) is 15.0. The number of ketones is 1. The third-order valence-corrected chi connectivity index (χ3v) is 4.64. The lowest BCUT2D eigenvalue weighted by molar-refractivity contribution is -0.143. The maximum absolute atomic E-state index is 12.2. The lowest BCUT2D eigenvalue weighted by Gasteiger charge is -2.20. The summed E-state index contributed by atoms with van der Waals surface area (Å²) in [6.07, 6.45) is 6.65. The molecule has 1 aliphatic carbocycles. The van der Waals surface area contributed by atoms with Gasteiger partial charge >= 0.3 is 5.97 Å². The monoisotopic (exact) mass is 342 g/mol. The summed E-state index contributed by atoms with van der Waals surface area (Å²) < 4.78 is 5.00. The predicted molar refractivity (Wildman–Crippen MR) is 93.2 cm³/mol. The number of aromatic nitrogens is 1. The van der Waals surface area contributed by atoms with Gasteiger partial charge in [-0.25, -0.2) is 0 Å². The number of para-hydroxylation sites is 1. The minimum atomic E-state index is -0.600. The summed E-state index contributed by atoms with van der Waals surface area (Å²) in [4.78, 5) is 39.0. The predicted octanol–water partition coefficient (Wildman–Crippen LogP) is 2.59. The minimum Gasteiger partial charge on any atom is -0.456 e. The number of aromatic amines is 1. The van der Waals surface area contributed by atoms with Crippen molar-refractivity contribution in [1.82, 2.24) is 10.3 Å². The number of benzene rings is 1. The zero-order valence-electron chi connectivity index (χ0n) is 14.0. The molecular formula is C19H22N2O4. The van der Waals surface area contributed by atoms with Crippen molar-refractivity contribution in [1.29, 1.82) is 0 Å². The van der Waals surface area contributed by atoms with Crippen LogP contribution in [0.15, 0.2) is 30.5 Å². The first-order valence-electron chi connectivity index (χ1n) is 8.68. The average molecular weight is 342 g/mol. The molecule has 0 bridgehead atoms. The van der Waals surface area contributed by atoms with Gasteiger partial charge in [0, 0.05) is 28.6 Å². The SMILES string of the molecule is O=C(CNC(=O)C1CCCCC1)OCC(=O)c1c[nH]c2ccccc12. The van der Waals surface area contributed by atoms with Crippen LogP contribution in [0.4, 0.5) is 0 Å². The van der Waals surface area contributed by atoms with Crippen LogP contribution in [0.25, 0.3) is 10.9 Å². The van der Waals surface area contributed by atoms with E-state index >= 15 is 0 Å². The van der Waals surface area contributed by atoms with Gasteiger partial charge in [0.25, 0.3) is 0 Å². The number of nitrogens with one attached hydrogen (secondary N) is 2. The zero-order valence-corrected chi connectivity index (χ0v) is 14.0. The Labute approximate surface area is 145 Å². The molecule has 0 unspecified atom stereocenters. The number of amides is 1. The fraction of sp³-hybridized carbons (Fsp3) is 0.421. The molecule has 2 aromatic rings. The van der Waals surface area contributed by atoms with Crippen molar-refractivity contribution in [2.45, 2.75) is 32.1 Å². The van der Waals surface area contributed by atoms with E-state index < -0.39 is 5.97 Å². The molecule has 1 saturated carbocycles. The second kappa shape index (κ2) is 7.96. The van der Waals surface area contributed by atoms with Crippen molar-refractivity contribution in [2.75, 3.05) is 13.2 Å². The summed E-state index contributed by atoms with van der Waals surface area (Å²) in [5.74, 6) is -0.976. The molecule has 0 saturated heterocycles. The van der Waals surface area contributed by atoms with Crippen LogP contribution in [0.3, 0.4) is 0 Å². The highest BCUT2D eigenvalue weighted by atomic mass is 16.5. The van der Waals surface area contributed by atoms with E-state index in [-0.39, 0.29) is 30.8 Å². The van der Waals surface area contributed by atoms with E-state index in [0.29, 0.717) is 5.56 Å². The first-order valence-corrected chi connectivity index (χ1v) is 8.68. The van der Waals surface area contributed by atoms with Gasteiger partial charge in [0.1, 0.15) is 6.54 Å². The Morgan fingerprint density at radius 1 is 1.12 bits per heavy atom. The topological polar surface area (TPSA) is 88.3 Å². The average Bonchev–Trinajstić information content (AvgIpc) is 3.09. The summed E-state index contributed by atoms with van der Waals surface area (Å²) in [5.41, 5.74) is 1.35. The van der Waals surface area contributed by atoms with Crippen molar-refractivity contribution in [3.8, 4) is 0 Å². The third-order valence-electron chi connectivity index (χ3n) is 4.64. The molecule has 1 aliphatic rings. The highest BCUT2D eigenvalue weighted by molar-refractivity contribution is 6.08. The summed E-state index contributed by atoms with van der Waals surface area (Å²) in [6, 6.07) is 7.44. The van der Waals surface area contributed by atoms with Gasteiger partial charge in [-0.1, -0.05) is 37.5 Å². The van der Waals surface area contributed by atoms with Crippen molar-refractivity contribution >= 4 is 28.6 Å². The Balaban J connectivity index is 1.45. The maximum Gasteiger partial charge on any atom is 0.325 e. The zero-order chi connectivity index (χ0) is 17.6. The first-order chi connectivity index (χ1) is 12.1. The number of ether oxygens (including phenoxy) is 1. The lowest BCUT2D eigenvalue weighted by atomic mass is 9.89. The smallest absolute Gasteiger partial charge is 0.325 e. The number of hydrogen-bond acceptors (Lipinski definition) is 4. The number of esters is 1. The Morgan fingerprint density at radius 2 is 1.88 bits per heavy atom. The molecule has 0 radical (unpaired) electrons. The van der Waals surface area contributed by atoms with Crippen molar-refractivity contribution in [2.24, 2.45) is 5.92 Å². The highest BCUT2D eigenvalue weighted by Gasteiger charge is 2.21. The van der Waals surface area contributed by atoms with Crippen LogP contribution >= 0.6 is 0 Å². The van der Waals surface area contributed by atoms with Gasteiger partial charge in [0.15, 0.2) is 6.61 Å². The van der Waals surface area contributed by atoms with Gasteiger partial charge in [0.2, 0.25) is 11.7 Å². The van der Waals surface area contributed by atoms with Crippen molar-refractivity contribution in [3.63, 3.8) is 0 Å². The molecule has 0 atom stereocenters. The number of Topliss-reactive ketones (excluding diaryl/α,β-unsaturated/α-hetero) is 1. The second-order valence-corrected chi connectivity index (χ2v) is 6.38. The maximum atomic E-state index is 12.2. The standard InChI is InChI=1S/C19H22N2O4/c22-17(15-10-20-16-9-5-4-8-14(15)16)12-25-18(23)11-21-19(24)13-6-2-1-3-7-13/h4-5,8-10,13,20H,1-3,6-7,11-12H2,(H,21,24). The van der Waals surface area contributed by atoms with E-state index in [2.05, 4.69) is 10.3 Å². The lowest BCUT2D eigenvalue weighted by Crippen LogP contribution is -2.36. The molecule has 6 heteroatoms. The molecule has 1 amide bonds. The summed E-state index contributed by atoms with van der Waals surface area (Å²) in [5, 5.41) is 3.41. The number of carbonyl (C=O) groups is 3. The van der Waals surface area contributed by atoms with Gasteiger partial charge in [-0.05, 0) is 18.9 Å². The van der Waals surface area contributed by atoms with Gasteiger partial charge in [-0.2, -0.15) is 0 Å². The van der Waals surface area contributed by atoms with E-state index in [1.807, 2.05) is 24.3 Å². The molecule has 0 spiro atoms. The Hall–Kier alpha value is -2.63. The van der Waals surface area contributed by atoms with Gasteiger partial charge in [-0.3, -0.25) is 14.4 Å². The van der Waals surface area contributed by atoms with E-state index in [1.165, 1.54) is 6.42 Å². The second-order valence-electron chi connectivity index (χ2n) is 6.38. The van der Waals surface area contributed by atoms with Crippen molar-refractivity contribution < 1.29 is 19.1 Å². The molecule has 1 heterocycles. The number of H-pyrrole nitrogens is 1. The van der Waals surface area contributed by atoms with Gasteiger partial charge < -0.3 is 15.0 Å². The summed E-state index contributed by atoms with van der Waals surface area (Å²) >= 11 is 0. The van der Waals surface area contributed by atoms with E-state index in [9.17, 15) is 14.4 Å². The summed E-state index contributed by atoms with van der Waals surface area (Å²) in [7, 11) is 0. The minimum absolute atomic E-state index is 0.00518. The van der Waals surface area contributed by atoms with Crippen LogP contribution < -0.4 is 5.32 Å². The Morgan fingerprint density at radius 3 is 2.68 bits per heavy atom. The van der Waals surface area contributed by atoms with Crippen LogP contribution in [0.1, 0.15) is 42.5 Å². The molecule has 3 rings (SSSR count). The molecule has 132 valence electrons. The van der Waals surface area contributed by atoms with Crippen LogP contribution in [0, 0.1) is 5.92 Å². The molecular weight excluding hydrogens is 320 g/mol.